The first kappa shape index (κ1) is 12.8. The lowest BCUT2D eigenvalue weighted by Gasteiger charge is -1.98. The molecule has 0 aromatic heterocycles. The normalized spacial score (nSPS) is 10.8. The van der Waals surface area contributed by atoms with Gasteiger partial charge in [0.05, 0.1) is 6.10 Å². The van der Waals surface area contributed by atoms with Crippen LogP contribution in [0.15, 0.2) is 12.7 Å². The minimum Gasteiger partial charge on any atom is -0.478 e. The van der Waals surface area contributed by atoms with Gasteiger partial charge in [0.2, 0.25) is 0 Å². The Balaban J connectivity index is 0. The molecule has 0 saturated heterocycles. The van der Waals surface area contributed by atoms with Crippen molar-refractivity contribution in [3.05, 3.63) is 12.7 Å². The van der Waals surface area contributed by atoms with Crippen molar-refractivity contribution in [2.75, 3.05) is 6.54 Å². The van der Waals surface area contributed by atoms with Crippen LogP contribution in [0.25, 0.3) is 0 Å². The number of aliphatic carboxylic acids is 1. The zero-order valence-corrected chi connectivity index (χ0v) is 6.66. The highest BCUT2D eigenvalue weighted by Crippen LogP contribution is 1.81. The summed E-state index contributed by atoms with van der Waals surface area (Å²) in [7, 11) is 0. The van der Waals surface area contributed by atoms with Crippen molar-refractivity contribution < 1.29 is 15.0 Å². The third-order valence-electron chi connectivity index (χ3n) is 0.918. The molecule has 0 aliphatic rings. The molecule has 4 N–H and O–H groups in total. The molecule has 1 atom stereocenters. The van der Waals surface area contributed by atoms with Crippen LogP contribution in [0.1, 0.15) is 13.3 Å². The second kappa shape index (κ2) is 9.13. The van der Waals surface area contributed by atoms with Crippen molar-refractivity contribution in [2.24, 2.45) is 5.73 Å². The van der Waals surface area contributed by atoms with E-state index in [1.165, 1.54) is 0 Å². The molecule has 0 heterocycles. The SMILES string of the molecule is C=CC(=O)O.CCC(O)CN. The quantitative estimate of drug-likeness (QED) is 0.508. The Labute approximate surface area is 66.3 Å². The minimum absolute atomic E-state index is 0.287. The largest absolute Gasteiger partial charge is 0.478 e. The molecular weight excluding hydrogens is 146 g/mol. The second-order valence-electron chi connectivity index (χ2n) is 1.84. The maximum atomic E-state index is 9.25. The highest BCUT2D eigenvalue weighted by molar-refractivity contribution is 5.78. The van der Waals surface area contributed by atoms with Gasteiger partial charge in [0.1, 0.15) is 0 Å². The molecule has 0 spiro atoms. The van der Waals surface area contributed by atoms with Crippen LogP contribution in [0.4, 0.5) is 0 Å². The lowest BCUT2D eigenvalue weighted by Crippen LogP contribution is -2.17. The van der Waals surface area contributed by atoms with E-state index in [0.29, 0.717) is 6.54 Å². The number of aliphatic hydroxyl groups is 1. The van der Waals surface area contributed by atoms with Crippen molar-refractivity contribution in [2.45, 2.75) is 19.4 Å². The van der Waals surface area contributed by atoms with E-state index in [9.17, 15) is 4.79 Å². The molecule has 0 amide bonds. The molecule has 0 aromatic carbocycles. The van der Waals surface area contributed by atoms with E-state index < -0.39 is 5.97 Å². The summed E-state index contributed by atoms with van der Waals surface area (Å²) in [6.07, 6.45) is 1.31. The van der Waals surface area contributed by atoms with Crippen LogP contribution in [0, 0.1) is 0 Å². The Hall–Kier alpha value is -0.870. The number of nitrogens with two attached hydrogens (primary N) is 1. The first-order valence-corrected chi connectivity index (χ1v) is 3.31. The topological polar surface area (TPSA) is 83.5 Å². The van der Waals surface area contributed by atoms with Gasteiger partial charge in [0, 0.05) is 12.6 Å². The van der Waals surface area contributed by atoms with Crippen LogP contribution in [-0.2, 0) is 4.79 Å². The molecule has 0 bridgehead atoms. The molecule has 66 valence electrons. The number of carboxylic acids is 1. The summed E-state index contributed by atoms with van der Waals surface area (Å²) in [5, 5.41) is 16.1. The van der Waals surface area contributed by atoms with E-state index in [1.807, 2.05) is 6.92 Å². The van der Waals surface area contributed by atoms with E-state index >= 15 is 0 Å². The summed E-state index contributed by atoms with van der Waals surface area (Å²) in [5.41, 5.74) is 5.03. The van der Waals surface area contributed by atoms with Gasteiger partial charge in [-0.25, -0.2) is 4.79 Å². The van der Waals surface area contributed by atoms with Crippen molar-refractivity contribution in [3.63, 3.8) is 0 Å². The maximum absolute atomic E-state index is 9.25. The molecule has 4 heteroatoms. The van der Waals surface area contributed by atoms with Crippen LogP contribution in [-0.4, -0.2) is 28.8 Å². The first-order chi connectivity index (χ1) is 5.08. The maximum Gasteiger partial charge on any atom is 0.327 e. The monoisotopic (exact) mass is 161 g/mol. The third-order valence-corrected chi connectivity index (χ3v) is 0.918. The van der Waals surface area contributed by atoms with Crippen molar-refractivity contribution in [1.82, 2.24) is 0 Å². The minimum atomic E-state index is -0.981. The Morgan fingerprint density at radius 1 is 1.82 bits per heavy atom. The van der Waals surface area contributed by atoms with Crippen molar-refractivity contribution >= 4 is 5.97 Å². The number of carboxylic acid groups (broad SMARTS) is 1. The molecule has 0 fully saturated rings. The molecule has 11 heavy (non-hydrogen) atoms. The summed E-state index contributed by atoms with van der Waals surface area (Å²) in [5.74, 6) is -0.981. The van der Waals surface area contributed by atoms with Gasteiger partial charge in [0.25, 0.3) is 0 Å². The molecule has 0 aliphatic carbocycles. The standard InChI is InChI=1S/C4H11NO.C3H4O2/c1-2-4(6)3-5;1-2-3(4)5/h4,6H,2-3,5H2,1H3;2H,1H2,(H,4,5). The van der Waals surface area contributed by atoms with Gasteiger partial charge >= 0.3 is 5.97 Å². The van der Waals surface area contributed by atoms with E-state index in [4.69, 9.17) is 15.9 Å². The number of carbonyl (C=O) groups is 1. The Morgan fingerprint density at radius 2 is 2.18 bits per heavy atom. The van der Waals surface area contributed by atoms with Crippen molar-refractivity contribution in [1.29, 1.82) is 0 Å². The summed E-state index contributed by atoms with van der Waals surface area (Å²) in [6.45, 7) is 5.25. The average Bonchev–Trinajstić information content (AvgIpc) is 2.04. The van der Waals surface area contributed by atoms with Crippen LogP contribution >= 0.6 is 0 Å². The summed E-state index contributed by atoms with van der Waals surface area (Å²) in [6, 6.07) is 0. The summed E-state index contributed by atoms with van der Waals surface area (Å²) < 4.78 is 0. The zero-order chi connectivity index (χ0) is 9.28. The molecule has 4 nitrogen and oxygen atoms in total. The number of hydrogen-bond donors (Lipinski definition) is 3. The molecule has 1 unspecified atom stereocenters. The van der Waals surface area contributed by atoms with Crippen LogP contribution in [0.5, 0.6) is 0 Å². The van der Waals surface area contributed by atoms with Gasteiger partial charge in [-0.1, -0.05) is 13.5 Å². The lowest BCUT2D eigenvalue weighted by molar-refractivity contribution is -0.131. The zero-order valence-electron chi connectivity index (χ0n) is 6.66. The molecular formula is C7H15NO3. The highest BCUT2D eigenvalue weighted by Gasteiger charge is 1.90. The molecule has 0 aliphatic heterocycles. The number of hydrogen-bond acceptors (Lipinski definition) is 3. The van der Waals surface area contributed by atoms with Gasteiger partial charge in [-0.2, -0.15) is 0 Å². The van der Waals surface area contributed by atoms with E-state index in [1.54, 1.807) is 0 Å². The fourth-order valence-electron chi connectivity index (χ4n) is 0.167. The van der Waals surface area contributed by atoms with Crippen molar-refractivity contribution in [3.8, 4) is 0 Å². The van der Waals surface area contributed by atoms with Gasteiger partial charge in [-0.3, -0.25) is 0 Å². The van der Waals surface area contributed by atoms with Gasteiger partial charge in [0.15, 0.2) is 0 Å². The first-order valence-electron chi connectivity index (χ1n) is 3.31. The fraction of sp³-hybridized carbons (Fsp3) is 0.571. The fourth-order valence-corrected chi connectivity index (χ4v) is 0.167. The molecule has 0 saturated carbocycles. The summed E-state index contributed by atoms with van der Waals surface area (Å²) >= 11 is 0. The van der Waals surface area contributed by atoms with Crippen LogP contribution in [0.3, 0.4) is 0 Å². The molecule has 0 radical (unpaired) electrons. The number of rotatable bonds is 3. The predicted octanol–water partition coefficient (Wildman–Crippen LogP) is -0.0270. The molecule has 0 rings (SSSR count). The predicted molar refractivity (Wildman–Crippen MR) is 43.2 cm³/mol. The number of aliphatic hydroxyl groups excluding tert-OH is 1. The van der Waals surface area contributed by atoms with Crippen LogP contribution < -0.4 is 5.73 Å². The third kappa shape index (κ3) is 17.6. The van der Waals surface area contributed by atoms with E-state index in [2.05, 4.69) is 6.58 Å². The van der Waals surface area contributed by atoms with Gasteiger partial charge in [-0.05, 0) is 6.42 Å². The Kier molecular flexibility index (Phi) is 10.6. The summed E-state index contributed by atoms with van der Waals surface area (Å²) in [4.78, 5) is 9.25. The molecule has 0 aromatic rings. The lowest BCUT2D eigenvalue weighted by atomic mass is 10.3. The Morgan fingerprint density at radius 3 is 2.18 bits per heavy atom. The van der Waals surface area contributed by atoms with Gasteiger partial charge in [-0.15, -0.1) is 0 Å². The highest BCUT2D eigenvalue weighted by atomic mass is 16.4. The second-order valence-corrected chi connectivity index (χ2v) is 1.84. The van der Waals surface area contributed by atoms with E-state index in [0.717, 1.165) is 12.5 Å². The smallest absolute Gasteiger partial charge is 0.327 e. The van der Waals surface area contributed by atoms with Gasteiger partial charge < -0.3 is 15.9 Å². The average molecular weight is 161 g/mol. The van der Waals surface area contributed by atoms with E-state index in [-0.39, 0.29) is 6.10 Å². The Bertz CT molecular complexity index is 110. The van der Waals surface area contributed by atoms with Crippen LogP contribution in [0.2, 0.25) is 0 Å².